The quantitative estimate of drug-likeness (QED) is 0.521. The molecule has 0 saturated carbocycles. The highest BCUT2D eigenvalue weighted by Gasteiger charge is 2.38. The van der Waals surface area contributed by atoms with E-state index in [1.54, 1.807) is 11.8 Å². The molecule has 128 valence electrons. The van der Waals surface area contributed by atoms with Crippen molar-refractivity contribution < 1.29 is 14.4 Å². The van der Waals surface area contributed by atoms with Gasteiger partial charge in [-0.15, -0.1) is 0 Å². The average molecular weight is 339 g/mol. The Hall–Kier alpha value is -1.50. The normalized spacial score (nSPS) is 21.2. The summed E-state index contributed by atoms with van der Waals surface area (Å²) in [6.45, 7) is 0.365. The molecule has 1 saturated heterocycles. The summed E-state index contributed by atoms with van der Waals surface area (Å²) in [5.41, 5.74) is 1.39. The van der Waals surface area contributed by atoms with Crippen LogP contribution in [0, 0.1) is 0 Å². The fraction of sp³-hybridized carbons (Fsp3) is 0.688. The summed E-state index contributed by atoms with van der Waals surface area (Å²) >= 11 is 1.62. The van der Waals surface area contributed by atoms with E-state index in [2.05, 4.69) is 16.7 Å². The number of nitrogens with zero attached hydrogens (tertiary/aromatic N) is 1. The third-order valence-corrected chi connectivity index (χ3v) is 4.82. The molecule has 6 nitrogen and oxygen atoms in total. The molecule has 0 aromatic rings. The van der Waals surface area contributed by atoms with Gasteiger partial charge in [0, 0.05) is 6.54 Å². The van der Waals surface area contributed by atoms with Gasteiger partial charge < -0.3 is 10.6 Å². The molecule has 2 rings (SSSR count). The maximum absolute atomic E-state index is 12.1. The monoisotopic (exact) mass is 339 g/mol. The molecule has 0 radical (unpaired) electrons. The van der Waals surface area contributed by atoms with Crippen molar-refractivity contribution in [1.82, 2.24) is 15.5 Å². The fourth-order valence-electron chi connectivity index (χ4n) is 2.85. The summed E-state index contributed by atoms with van der Waals surface area (Å²) < 4.78 is 0. The van der Waals surface area contributed by atoms with Crippen molar-refractivity contribution in [1.29, 1.82) is 0 Å². The molecule has 0 aromatic carbocycles. The summed E-state index contributed by atoms with van der Waals surface area (Å²) in [7, 11) is 0. The Morgan fingerprint density at radius 3 is 2.96 bits per heavy atom. The van der Waals surface area contributed by atoms with Crippen LogP contribution in [0.2, 0.25) is 0 Å². The van der Waals surface area contributed by atoms with Crippen molar-refractivity contribution in [2.24, 2.45) is 0 Å². The second-order valence-corrected chi connectivity index (χ2v) is 6.90. The summed E-state index contributed by atoms with van der Waals surface area (Å²) in [5, 5.41) is 5.43. The lowest BCUT2D eigenvalue weighted by Crippen LogP contribution is -2.41. The Morgan fingerprint density at radius 2 is 2.26 bits per heavy atom. The number of rotatable bonds is 8. The minimum atomic E-state index is -0.491. The lowest BCUT2D eigenvalue weighted by molar-refractivity contribution is -0.132. The highest BCUT2D eigenvalue weighted by atomic mass is 32.2. The molecule has 1 atom stereocenters. The molecule has 2 aliphatic rings. The second kappa shape index (κ2) is 8.96. The second-order valence-electron chi connectivity index (χ2n) is 5.92. The Balaban J connectivity index is 1.72. The van der Waals surface area contributed by atoms with Gasteiger partial charge in [-0.1, -0.05) is 11.6 Å². The maximum Gasteiger partial charge on any atom is 0.325 e. The van der Waals surface area contributed by atoms with Crippen LogP contribution in [0.5, 0.6) is 0 Å². The number of carbonyl (C=O) groups excluding carboxylic acids is 3. The average Bonchev–Trinajstić information content (AvgIpc) is 2.81. The minimum absolute atomic E-state index is 0.195. The molecule has 0 bridgehead atoms. The molecular formula is C16H25N3O3S. The molecule has 1 aliphatic heterocycles. The van der Waals surface area contributed by atoms with E-state index < -0.39 is 12.1 Å². The van der Waals surface area contributed by atoms with Crippen LogP contribution in [-0.2, 0) is 9.59 Å². The number of hydrogen-bond acceptors (Lipinski definition) is 4. The van der Waals surface area contributed by atoms with Gasteiger partial charge in [-0.25, -0.2) is 4.79 Å². The van der Waals surface area contributed by atoms with Crippen LogP contribution in [-0.4, -0.2) is 53.9 Å². The molecule has 1 heterocycles. The number of urea groups is 1. The smallest absolute Gasteiger partial charge is 0.325 e. The van der Waals surface area contributed by atoms with E-state index in [0.29, 0.717) is 13.0 Å². The molecule has 1 aliphatic carbocycles. The van der Waals surface area contributed by atoms with Gasteiger partial charge in [-0.05, 0) is 50.5 Å². The Labute approximate surface area is 141 Å². The number of amides is 4. The van der Waals surface area contributed by atoms with E-state index in [9.17, 15) is 14.4 Å². The third kappa shape index (κ3) is 5.27. The first kappa shape index (κ1) is 17.8. The summed E-state index contributed by atoms with van der Waals surface area (Å²) in [6, 6.07) is -0.957. The maximum atomic E-state index is 12.1. The van der Waals surface area contributed by atoms with E-state index in [1.807, 2.05) is 6.26 Å². The Morgan fingerprint density at radius 1 is 1.43 bits per heavy atom. The van der Waals surface area contributed by atoms with Crippen molar-refractivity contribution >= 4 is 29.6 Å². The first-order chi connectivity index (χ1) is 11.1. The zero-order valence-electron chi connectivity index (χ0n) is 13.6. The Kier molecular flexibility index (Phi) is 6.95. The van der Waals surface area contributed by atoms with E-state index in [0.717, 1.165) is 29.9 Å². The first-order valence-electron chi connectivity index (χ1n) is 8.17. The molecule has 7 heteroatoms. The van der Waals surface area contributed by atoms with E-state index in [4.69, 9.17) is 0 Å². The van der Waals surface area contributed by atoms with Crippen LogP contribution in [0.3, 0.4) is 0 Å². The van der Waals surface area contributed by atoms with Gasteiger partial charge in [0.1, 0.15) is 12.6 Å². The first-order valence-corrected chi connectivity index (χ1v) is 9.56. The standard InChI is InChI=1S/C16H25N3O3S/c1-23-10-8-13-15(21)19(16(22)18-13)11-14(20)17-9-7-12-5-3-2-4-6-12/h5,13H,2-4,6-11H2,1H3,(H,17,20)(H,18,22). The van der Waals surface area contributed by atoms with E-state index in [1.165, 1.54) is 18.4 Å². The molecular weight excluding hydrogens is 314 g/mol. The van der Waals surface area contributed by atoms with Crippen molar-refractivity contribution in [3.8, 4) is 0 Å². The van der Waals surface area contributed by atoms with Crippen molar-refractivity contribution in [2.45, 2.75) is 44.6 Å². The van der Waals surface area contributed by atoms with Gasteiger partial charge in [0.25, 0.3) is 5.91 Å². The van der Waals surface area contributed by atoms with Crippen LogP contribution < -0.4 is 10.6 Å². The number of carbonyl (C=O) groups is 3. The molecule has 4 amide bonds. The van der Waals surface area contributed by atoms with Crippen molar-refractivity contribution in [2.75, 3.05) is 25.1 Å². The fourth-order valence-corrected chi connectivity index (χ4v) is 3.32. The van der Waals surface area contributed by atoms with Gasteiger partial charge >= 0.3 is 6.03 Å². The number of nitrogens with one attached hydrogen (secondary N) is 2. The predicted octanol–water partition coefficient (Wildman–Crippen LogP) is 1.67. The van der Waals surface area contributed by atoms with Crippen LogP contribution in [0.15, 0.2) is 11.6 Å². The molecule has 2 N–H and O–H groups in total. The lowest BCUT2D eigenvalue weighted by Gasteiger charge is -2.15. The molecule has 0 aromatic heterocycles. The van der Waals surface area contributed by atoms with Crippen LogP contribution in [0.25, 0.3) is 0 Å². The van der Waals surface area contributed by atoms with Crippen molar-refractivity contribution in [3.05, 3.63) is 11.6 Å². The summed E-state index contributed by atoms with van der Waals surface area (Å²) in [6.07, 6.45) is 10.4. The topological polar surface area (TPSA) is 78.5 Å². The van der Waals surface area contributed by atoms with E-state index >= 15 is 0 Å². The largest absolute Gasteiger partial charge is 0.354 e. The van der Waals surface area contributed by atoms with Gasteiger partial charge in [0.15, 0.2) is 0 Å². The highest BCUT2D eigenvalue weighted by Crippen LogP contribution is 2.19. The van der Waals surface area contributed by atoms with Crippen molar-refractivity contribution in [3.63, 3.8) is 0 Å². The number of allylic oxidation sites excluding steroid dienone is 1. The number of hydrogen-bond donors (Lipinski definition) is 2. The number of imide groups is 1. The molecule has 23 heavy (non-hydrogen) atoms. The van der Waals surface area contributed by atoms with Gasteiger partial charge in [-0.2, -0.15) is 11.8 Å². The van der Waals surface area contributed by atoms with Crippen LogP contribution in [0.4, 0.5) is 4.79 Å². The van der Waals surface area contributed by atoms with Crippen LogP contribution >= 0.6 is 11.8 Å². The predicted molar refractivity (Wildman–Crippen MR) is 91.2 cm³/mol. The highest BCUT2D eigenvalue weighted by molar-refractivity contribution is 7.98. The molecule has 1 fully saturated rings. The van der Waals surface area contributed by atoms with Crippen LogP contribution in [0.1, 0.15) is 38.5 Å². The summed E-state index contributed by atoms with van der Waals surface area (Å²) in [5.74, 6) is 0.218. The van der Waals surface area contributed by atoms with E-state index in [-0.39, 0.29) is 18.4 Å². The Bertz CT molecular complexity index is 493. The van der Waals surface area contributed by atoms with Gasteiger partial charge in [-0.3, -0.25) is 14.5 Å². The van der Waals surface area contributed by atoms with Gasteiger partial charge in [0.2, 0.25) is 5.91 Å². The summed E-state index contributed by atoms with van der Waals surface area (Å²) in [4.78, 5) is 36.9. The molecule has 1 unspecified atom stereocenters. The van der Waals surface area contributed by atoms with Gasteiger partial charge in [0.05, 0.1) is 0 Å². The zero-order chi connectivity index (χ0) is 16.7. The number of thioether (sulfide) groups is 1. The SMILES string of the molecule is CSCCC1NC(=O)N(CC(=O)NCCC2=CCCCC2)C1=O. The third-order valence-electron chi connectivity index (χ3n) is 4.17. The zero-order valence-corrected chi connectivity index (χ0v) is 14.4. The lowest BCUT2D eigenvalue weighted by atomic mass is 9.97. The minimum Gasteiger partial charge on any atom is -0.354 e. The molecule has 0 spiro atoms.